The Kier molecular flexibility index (Phi) is 2.50. The third-order valence-corrected chi connectivity index (χ3v) is 1.55. The van der Waals surface area contributed by atoms with Crippen molar-refractivity contribution in [1.82, 2.24) is 0 Å². The van der Waals surface area contributed by atoms with Crippen molar-refractivity contribution >= 4 is 19.0 Å². The maximum Gasteiger partial charge on any atom is 0.416 e. The molecule has 0 amide bonds. The van der Waals surface area contributed by atoms with Gasteiger partial charge in [-0.05, 0) is 0 Å². The Morgan fingerprint density at radius 2 is 1.93 bits per heavy atom. The van der Waals surface area contributed by atoms with Gasteiger partial charge in [0.15, 0.2) is 0 Å². The second kappa shape index (κ2) is 3.32. The molecule has 1 rings (SSSR count). The van der Waals surface area contributed by atoms with Gasteiger partial charge < -0.3 is 0 Å². The third kappa shape index (κ3) is 2.04. The Morgan fingerprint density at radius 3 is 2.36 bits per heavy atom. The Labute approximate surface area is 78.1 Å². The van der Waals surface area contributed by atoms with E-state index in [2.05, 4.69) is 0 Å². The number of nitrogens with zero attached hydrogens (tertiary/aromatic N) is 1. The van der Waals surface area contributed by atoms with Crippen molar-refractivity contribution in [2.24, 2.45) is 0 Å². The minimum atomic E-state index is -4.67. The quantitative estimate of drug-likeness (QED) is 0.391. The van der Waals surface area contributed by atoms with Crippen LogP contribution in [0.2, 0.25) is 0 Å². The van der Waals surface area contributed by atoms with Gasteiger partial charge in [0.25, 0.3) is 5.69 Å². The predicted molar refractivity (Wildman–Crippen MR) is 43.5 cm³/mol. The van der Waals surface area contributed by atoms with E-state index in [0.29, 0.717) is 6.07 Å². The van der Waals surface area contributed by atoms with E-state index in [9.17, 15) is 23.3 Å². The number of nitro benzene ring substituents is 1. The Balaban J connectivity index is 3.29. The highest BCUT2D eigenvalue weighted by Crippen LogP contribution is 2.29. The molecular weight excluding hydrogens is 198 g/mol. The molecule has 1 aromatic rings. The molecule has 0 saturated heterocycles. The average Bonchev–Trinajstić information content (AvgIpc) is 2.02. The zero-order valence-corrected chi connectivity index (χ0v) is 6.71. The highest BCUT2D eigenvalue weighted by atomic mass is 19.4. The van der Waals surface area contributed by atoms with Gasteiger partial charge in [0.2, 0.25) is 0 Å². The summed E-state index contributed by atoms with van der Waals surface area (Å²) in [5.41, 5.74) is -2.35. The van der Waals surface area contributed by atoms with Crippen LogP contribution in [-0.4, -0.2) is 12.8 Å². The molecule has 0 atom stereocenters. The summed E-state index contributed by atoms with van der Waals surface area (Å²) in [6, 6.07) is 2.20. The topological polar surface area (TPSA) is 43.1 Å². The standard InChI is InChI=1S/C7H3BF3NO2/c8-6-2-1-4(12(13)14)3-5(6)7(9,10)11/h1-3H. The lowest BCUT2D eigenvalue weighted by Gasteiger charge is -2.09. The van der Waals surface area contributed by atoms with Gasteiger partial charge in [-0.1, -0.05) is 11.5 Å². The van der Waals surface area contributed by atoms with Crippen LogP contribution in [0, 0.1) is 10.1 Å². The fraction of sp³-hybridized carbons (Fsp3) is 0.143. The van der Waals surface area contributed by atoms with Crippen molar-refractivity contribution in [3.63, 3.8) is 0 Å². The number of hydrogen-bond donors (Lipinski definition) is 0. The largest absolute Gasteiger partial charge is 0.416 e. The van der Waals surface area contributed by atoms with Crippen LogP contribution < -0.4 is 5.46 Å². The number of halogens is 3. The van der Waals surface area contributed by atoms with Crippen LogP contribution in [0.3, 0.4) is 0 Å². The van der Waals surface area contributed by atoms with Crippen molar-refractivity contribution in [3.05, 3.63) is 33.9 Å². The van der Waals surface area contributed by atoms with Crippen LogP contribution in [0.15, 0.2) is 18.2 Å². The van der Waals surface area contributed by atoms with Crippen LogP contribution >= 0.6 is 0 Å². The van der Waals surface area contributed by atoms with Gasteiger partial charge in [-0.15, -0.1) is 0 Å². The highest BCUT2D eigenvalue weighted by molar-refractivity contribution is 6.33. The van der Waals surface area contributed by atoms with Gasteiger partial charge in [-0.2, -0.15) is 13.2 Å². The molecule has 0 aromatic heterocycles. The summed E-state index contributed by atoms with van der Waals surface area (Å²) in [6.07, 6.45) is -4.67. The Bertz CT molecular complexity index is 378. The van der Waals surface area contributed by atoms with Crippen molar-refractivity contribution in [1.29, 1.82) is 0 Å². The first-order chi connectivity index (χ1) is 6.32. The second-order valence-corrected chi connectivity index (χ2v) is 2.53. The first-order valence-corrected chi connectivity index (χ1v) is 3.43. The Hall–Kier alpha value is -1.53. The zero-order valence-electron chi connectivity index (χ0n) is 6.71. The monoisotopic (exact) mass is 201 g/mol. The fourth-order valence-electron chi connectivity index (χ4n) is 0.903. The molecule has 0 heterocycles. The van der Waals surface area contributed by atoms with Crippen molar-refractivity contribution in [2.45, 2.75) is 6.18 Å². The number of nitro groups is 1. The summed E-state index contributed by atoms with van der Waals surface area (Å²) in [7, 11) is 5.03. The van der Waals surface area contributed by atoms with E-state index in [-0.39, 0.29) is 0 Å². The molecule has 72 valence electrons. The second-order valence-electron chi connectivity index (χ2n) is 2.53. The number of alkyl halides is 3. The van der Waals surface area contributed by atoms with Gasteiger partial charge in [-0.25, -0.2) is 0 Å². The molecule has 3 nitrogen and oxygen atoms in total. The van der Waals surface area contributed by atoms with E-state index in [4.69, 9.17) is 7.85 Å². The average molecular weight is 201 g/mol. The van der Waals surface area contributed by atoms with Gasteiger partial charge in [0.1, 0.15) is 7.85 Å². The number of rotatable bonds is 1. The molecule has 14 heavy (non-hydrogen) atoms. The first kappa shape index (κ1) is 10.6. The summed E-state index contributed by atoms with van der Waals surface area (Å²) in [6.45, 7) is 0. The van der Waals surface area contributed by atoms with Crippen LogP contribution in [0.25, 0.3) is 0 Å². The Morgan fingerprint density at radius 1 is 1.36 bits per heavy atom. The zero-order chi connectivity index (χ0) is 10.9. The molecule has 2 radical (unpaired) electrons. The molecule has 1 aromatic carbocycles. The van der Waals surface area contributed by atoms with E-state index in [1.807, 2.05) is 0 Å². The summed E-state index contributed by atoms with van der Waals surface area (Å²) in [5.74, 6) is 0. The molecule has 0 bridgehead atoms. The van der Waals surface area contributed by atoms with E-state index in [1.165, 1.54) is 0 Å². The molecule has 7 heteroatoms. The number of non-ortho nitro benzene ring substituents is 1. The van der Waals surface area contributed by atoms with E-state index < -0.39 is 27.8 Å². The minimum absolute atomic E-state index is 0.412. The van der Waals surface area contributed by atoms with Gasteiger partial charge in [0, 0.05) is 12.1 Å². The van der Waals surface area contributed by atoms with Gasteiger partial charge in [0.05, 0.1) is 10.5 Å². The normalized spacial score (nSPS) is 11.4. The minimum Gasteiger partial charge on any atom is -0.258 e. The maximum absolute atomic E-state index is 12.2. The molecule has 0 aliphatic carbocycles. The highest BCUT2D eigenvalue weighted by Gasteiger charge is 2.33. The molecule has 0 aliphatic heterocycles. The predicted octanol–water partition coefficient (Wildman–Crippen LogP) is 1.41. The molecule has 0 N–H and O–H groups in total. The van der Waals surface area contributed by atoms with E-state index >= 15 is 0 Å². The van der Waals surface area contributed by atoms with Crippen molar-refractivity contribution in [3.8, 4) is 0 Å². The fourth-order valence-corrected chi connectivity index (χ4v) is 0.903. The summed E-state index contributed by atoms with van der Waals surface area (Å²) < 4.78 is 36.6. The SMILES string of the molecule is [B]c1ccc([N+](=O)[O-])cc1C(F)(F)F. The number of hydrogen-bond acceptors (Lipinski definition) is 2. The number of benzene rings is 1. The van der Waals surface area contributed by atoms with Crippen LogP contribution in [-0.2, 0) is 6.18 Å². The van der Waals surface area contributed by atoms with Crippen molar-refractivity contribution in [2.75, 3.05) is 0 Å². The summed E-state index contributed by atoms with van der Waals surface area (Å²) in [5, 5.41) is 10.2. The molecular formula is C7H3BF3NO2. The van der Waals surface area contributed by atoms with E-state index in [1.54, 1.807) is 0 Å². The van der Waals surface area contributed by atoms with Crippen LogP contribution in [0.1, 0.15) is 5.56 Å². The smallest absolute Gasteiger partial charge is 0.258 e. The molecule has 0 aliphatic rings. The molecule has 0 unspecified atom stereocenters. The lowest BCUT2D eigenvalue weighted by molar-refractivity contribution is -0.385. The van der Waals surface area contributed by atoms with E-state index in [0.717, 1.165) is 12.1 Å². The molecule has 0 saturated carbocycles. The maximum atomic E-state index is 12.2. The summed E-state index contributed by atoms with van der Waals surface area (Å²) in [4.78, 5) is 9.28. The van der Waals surface area contributed by atoms with Crippen molar-refractivity contribution < 1.29 is 18.1 Å². The summed E-state index contributed by atoms with van der Waals surface area (Å²) >= 11 is 0. The first-order valence-electron chi connectivity index (χ1n) is 3.43. The van der Waals surface area contributed by atoms with Gasteiger partial charge >= 0.3 is 6.18 Å². The lowest BCUT2D eigenvalue weighted by Crippen LogP contribution is -2.19. The van der Waals surface area contributed by atoms with Gasteiger partial charge in [-0.3, -0.25) is 10.1 Å². The molecule has 0 spiro atoms. The van der Waals surface area contributed by atoms with Crippen LogP contribution in [0.5, 0.6) is 0 Å². The van der Waals surface area contributed by atoms with Crippen LogP contribution in [0.4, 0.5) is 18.9 Å². The lowest BCUT2D eigenvalue weighted by atomic mass is 9.90. The molecule has 0 fully saturated rings. The third-order valence-electron chi connectivity index (χ3n) is 1.55.